The van der Waals surface area contributed by atoms with Crippen LogP contribution in [0.1, 0.15) is 19.8 Å². The second kappa shape index (κ2) is 8.84. The fourth-order valence-electron chi connectivity index (χ4n) is 2.44. The van der Waals surface area contributed by atoms with E-state index < -0.39 is 4.92 Å². The van der Waals surface area contributed by atoms with Gasteiger partial charge in [0, 0.05) is 19.7 Å². The minimum absolute atomic E-state index is 0.104. The number of nitrogens with zero attached hydrogens (tertiary/aromatic N) is 4. The van der Waals surface area contributed by atoms with Crippen LogP contribution in [0.2, 0.25) is 0 Å². The molecule has 1 aromatic carbocycles. The molecular weight excluding hydrogens is 338 g/mol. The van der Waals surface area contributed by atoms with Crippen molar-refractivity contribution in [2.24, 2.45) is 0 Å². The van der Waals surface area contributed by atoms with E-state index in [9.17, 15) is 10.1 Å². The van der Waals surface area contributed by atoms with Crippen molar-refractivity contribution in [2.45, 2.75) is 19.8 Å². The molecule has 0 aliphatic carbocycles. The lowest BCUT2D eigenvalue weighted by Crippen LogP contribution is -2.21. The van der Waals surface area contributed by atoms with E-state index >= 15 is 0 Å². The predicted molar refractivity (Wildman–Crippen MR) is 99.7 cm³/mol. The first kappa shape index (κ1) is 19.2. The molecule has 0 radical (unpaired) electrons. The average Bonchev–Trinajstić information content (AvgIpc) is 2.65. The van der Waals surface area contributed by atoms with E-state index in [1.54, 1.807) is 37.3 Å². The molecule has 0 aliphatic heterocycles. The topological polar surface area (TPSA) is 103 Å². The van der Waals surface area contributed by atoms with Crippen molar-refractivity contribution in [2.75, 3.05) is 38.0 Å². The molecule has 26 heavy (non-hydrogen) atoms. The third-order valence-corrected chi connectivity index (χ3v) is 3.86. The molecule has 1 aromatic heterocycles. The number of aromatic nitrogens is 2. The number of anilines is 3. The van der Waals surface area contributed by atoms with Crippen molar-refractivity contribution < 1.29 is 14.4 Å². The van der Waals surface area contributed by atoms with Crippen LogP contribution in [0.25, 0.3) is 0 Å². The summed E-state index contributed by atoms with van der Waals surface area (Å²) in [6.07, 6.45) is 3.20. The molecule has 140 valence electrons. The lowest BCUT2D eigenvalue weighted by atomic mass is 10.2. The standard InChI is InChI=1S/C17H23N5O4/c1-5-6-9-21(2)17-15(22(23)24)16(18-11-19-17)20-13-8-7-12(25-3)10-14(13)26-4/h7-8,10-11H,5-6,9H2,1-4H3,(H,18,19,20). The molecule has 0 amide bonds. The monoisotopic (exact) mass is 361 g/mol. The Kier molecular flexibility index (Phi) is 6.54. The lowest BCUT2D eigenvalue weighted by Gasteiger charge is -2.18. The van der Waals surface area contributed by atoms with Crippen molar-refractivity contribution >= 4 is 23.0 Å². The quantitative estimate of drug-likeness (QED) is 0.535. The SMILES string of the molecule is CCCCN(C)c1ncnc(Nc2ccc(OC)cc2OC)c1[N+](=O)[O-]. The number of nitro groups is 1. The number of benzene rings is 1. The number of nitrogens with one attached hydrogen (secondary N) is 1. The fourth-order valence-corrected chi connectivity index (χ4v) is 2.44. The van der Waals surface area contributed by atoms with Gasteiger partial charge in [0.15, 0.2) is 0 Å². The number of rotatable bonds is 9. The molecule has 9 heteroatoms. The van der Waals surface area contributed by atoms with Crippen LogP contribution in [0, 0.1) is 10.1 Å². The van der Waals surface area contributed by atoms with Crippen molar-refractivity contribution in [3.8, 4) is 11.5 Å². The molecule has 9 nitrogen and oxygen atoms in total. The number of methoxy groups -OCH3 is 2. The van der Waals surface area contributed by atoms with E-state index in [-0.39, 0.29) is 17.3 Å². The van der Waals surface area contributed by atoms with Crippen LogP contribution in [-0.4, -0.2) is 42.7 Å². The molecule has 2 aromatic rings. The molecule has 1 N–H and O–H groups in total. The van der Waals surface area contributed by atoms with Crippen LogP contribution in [0.3, 0.4) is 0 Å². The Bertz CT molecular complexity index is 769. The summed E-state index contributed by atoms with van der Waals surface area (Å²) in [5.41, 5.74) is 0.362. The molecule has 1 heterocycles. The minimum Gasteiger partial charge on any atom is -0.497 e. The molecule has 0 bridgehead atoms. The Morgan fingerprint density at radius 3 is 2.65 bits per heavy atom. The number of ether oxygens (including phenoxy) is 2. The van der Waals surface area contributed by atoms with Crippen LogP contribution in [0.5, 0.6) is 11.5 Å². The molecule has 0 aliphatic rings. The van der Waals surface area contributed by atoms with Crippen LogP contribution >= 0.6 is 0 Å². The van der Waals surface area contributed by atoms with Gasteiger partial charge in [0.25, 0.3) is 0 Å². The molecular formula is C17H23N5O4. The smallest absolute Gasteiger partial charge is 0.353 e. The van der Waals surface area contributed by atoms with Gasteiger partial charge in [0.2, 0.25) is 11.6 Å². The summed E-state index contributed by atoms with van der Waals surface area (Å²) in [7, 11) is 4.84. The maximum absolute atomic E-state index is 11.7. The zero-order chi connectivity index (χ0) is 19.1. The van der Waals surface area contributed by atoms with E-state index in [2.05, 4.69) is 22.2 Å². The zero-order valence-electron chi connectivity index (χ0n) is 15.4. The largest absolute Gasteiger partial charge is 0.497 e. The summed E-state index contributed by atoms with van der Waals surface area (Å²) in [4.78, 5) is 21.1. The summed E-state index contributed by atoms with van der Waals surface area (Å²) in [5, 5.41) is 14.6. The average molecular weight is 361 g/mol. The number of unbranched alkanes of at least 4 members (excludes halogenated alkanes) is 1. The molecule has 0 unspecified atom stereocenters. The molecule has 0 atom stereocenters. The van der Waals surface area contributed by atoms with Crippen molar-refractivity contribution in [1.29, 1.82) is 0 Å². The predicted octanol–water partition coefficient (Wildman–Crippen LogP) is 3.38. The highest BCUT2D eigenvalue weighted by molar-refractivity contribution is 5.76. The van der Waals surface area contributed by atoms with Crippen molar-refractivity contribution in [3.63, 3.8) is 0 Å². The van der Waals surface area contributed by atoms with E-state index in [0.717, 1.165) is 12.8 Å². The maximum atomic E-state index is 11.7. The van der Waals surface area contributed by atoms with Crippen LogP contribution in [0.15, 0.2) is 24.5 Å². The van der Waals surface area contributed by atoms with Gasteiger partial charge >= 0.3 is 5.69 Å². The highest BCUT2D eigenvalue weighted by atomic mass is 16.6. The normalized spacial score (nSPS) is 10.3. The van der Waals surface area contributed by atoms with E-state index in [1.165, 1.54) is 13.4 Å². The summed E-state index contributed by atoms with van der Waals surface area (Å²) in [5.74, 6) is 1.47. The van der Waals surface area contributed by atoms with E-state index in [4.69, 9.17) is 9.47 Å². The van der Waals surface area contributed by atoms with Crippen LogP contribution in [-0.2, 0) is 0 Å². The van der Waals surface area contributed by atoms with Crippen molar-refractivity contribution in [3.05, 3.63) is 34.6 Å². The Hall–Kier alpha value is -3.10. The zero-order valence-corrected chi connectivity index (χ0v) is 15.4. The fraction of sp³-hybridized carbons (Fsp3) is 0.412. The van der Waals surface area contributed by atoms with Gasteiger partial charge in [0.05, 0.1) is 24.8 Å². The Morgan fingerprint density at radius 1 is 1.27 bits per heavy atom. The van der Waals surface area contributed by atoms with Gasteiger partial charge in [-0.3, -0.25) is 10.1 Å². The second-order valence-electron chi connectivity index (χ2n) is 5.62. The summed E-state index contributed by atoms with van der Waals surface area (Å²) in [6.45, 7) is 2.73. The summed E-state index contributed by atoms with van der Waals surface area (Å²) in [6, 6.07) is 5.12. The molecule has 2 rings (SSSR count). The third-order valence-electron chi connectivity index (χ3n) is 3.86. The van der Waals surface area contributed by atoms with Crippen LogP contribution in [0.4, 0.5) is 23.0 Å². The van der Waals surface area contributed by atoms with Gasteiger partial charge in [-0.1, -0.05) is 13.3 Å². The van der Waals surface area contributed by atoms with Crippen LogP contribution < -0.4 is 19.7 Å². The number of hydrogen-bond donors (Lipinski definition) is 1. The van der Waals surface area contributed by atoms with Gasteiger partial charge in [-0.2, -0.15) is 0 Å². The van der Waals surface area contributed by atoms with Gasteiger partial charge in [-0.25, -0.2) is 9.97 Å². The van der Waals surface area contributed by atoms with E-state index in [1.807, 2.05) is 0 Å². The first-order valence-corrected chi connectivity index (χ1v) is 8.21. The minimum atomic E-state index is -0.476. The number of hydrogen-bond acceptors (Lipinski definition) is 8. The summed E-state index contributed by atoms with van der Waals surface area (Å²) < 4.78 is 10.5. The Labute approximate surface area is 152 Å². The molecule has 0 fully saturated rings. The Balaban J connectivity index is 2.42. The Morgan fingerprint density at radius 2 is 2.04 bits per heavy atom. The highest BCUT2D eigenvalue weighted by Crippen LogP contribution is 2.36. The highest BCUT2D eigenvalue weighted by Gasteiger charge is 2.26. The van der Waals surface area contributed by atoms with Gasteiger partial charge in [-0.15, -0.1) is 0 Å². The molecule has 0 saturated heterocycles. The lowest BCUT2D eigenvalue weighted by molar-refractivity contribution is -0.383. The molecule has 0 spiro atoms. The first-order chi connectivity index (χ1) is 12.5. The maximum Gasteiger partial charge on any atom is 0.353 e. The van der Waals surface area contributed by atoms with Crippen molar-refractivity contribution in [1.82, 2.24) is 9.97 Å². The van der Waals surface area contributed by atoms with Gasteiger partial charge in [0.1, 0.15) is 17.8 Å². The second-order valence-corrected chi connectivity index (χ2v) is 5.62. The molecule has 0 saturated carbocycles. The van der Waals surface area contributed by atoms with E-state index in [0.29, 0.717) is 23.7 Å². The van der Waals surface area contributed by atoms with Gasteiger partial charge < -0.3 is 19.7 Å². The first-order valence-electron chi connectivity index (χ1n) is 8.21. The summed E-state index contributed by atoms with van der Waals surface area (Å²) >= 11 is 0. The van der Waals surface area contributed by atoms with Gasteiger partial charge in [-0.05, 0) is 18.6 Å². The third kappa shape index (κ3) is 4.29.